The first kappa shape index (κ1) is 20.1. The molecule has 1 heterocycles. The van der Waals surface area contributed by atoms with Gasteiger partial charge in [0.1, 0.15) is 0 Å². The van der Waals surface area contributed by atoms with Crippen LogP contribution >= 0.6 is 0 Å². The number of carbonyl (C=O) groups is 1. The van der Waals surface area contributed by atoms with Crippen LogP contribution < -0.4 is 0 Å². The molecule has 1 saturated heterocycles. The van der Waals surface area contributed by atoms with E-state index in [9.17, 15) is 4.79 Å². The zero-order chi connectivity index (χ0) is 18.9. The molecule has 2 aliphatic rings. The number of carbonyl (C=O) groups excluding carboxylic acids is 1. The number of benzene rings is 1. The van der Waals surface area contributed by atoms with Gasteiger partial charge in [-0.2, -0.15) is 0 Å². The van der Waals surface area contributed by atoms with Crippen LogP contribution in [0.3, 0.4) is 0 Å². The van der Waals surface area contributed by atoms with E-state index in [0.29, 0.717) is 11.8 Å². The summed E-state index contributed by atoms with van der Waals surface area (Å²) >= 11 is 0. The largest absolute Gasteiger partial charge is 0.340 e. The first-order chi connectivity index (χ1) is 13.3. The third-order valence-corrected chi connectivity index (χ3v) is 6.32. The Kier molecular flexibility index (Phi) is 7.94. The third kappa shape index (κ3) is 6.21. The number of piperazine rings is 1. The maximum atomic E-state index is 12.9. The van der Waals surface area contributed by atoms with E-state index in [0.717, 1.165) is 51.5 Å². The molecular weight excluding hydrogens is 332 g/mol. The van der Waals surface area contributed by atoms with Crippen molar-refractivity contribution < 1.29 is 4.79 Å². The maximum Gasteiger partial charge on any atom is 0.225 e. The van der Waals surface area contributed by atoms with Crippen LogP contribution in [0.25, 0.3) is 6.08 Å². The maximum absolute atomic E-state index is 12.9. The highest BCUT2D eigenvalue weighted by molar-refractivity contribution is 5.79. The Morgan fingerprint density at radius 2 is 1.74 bits per heavy atom. The van der Waals surface area contributed by atoms with E-state index in [1.165, 1.54) is 37.7 Å². The van der Waals surface area contributed by atoms with Crippen LogP contribution in [0, 0.1) is 11.8 Å². The Balaban J connectivity index is 1.36. The molecule has 0 N–H and O–H groups in total. The average molecular weight is 369 g/mol. The molecule has 3 rings (SSSR count). The van der Waals surface area contributed by atoms with Crippen molar-refractivity contribution in [2.75, 3.05) is 32.7 Å². The summed E-state index contributed by atoms with van der Waals surface area (Å²) in [6, 6.07) is 10.4. The average Bonchev–Trinajstić information content (AvgIpc) is 2.73. The van der Waals surface area contributed by atoms with Gasteiger partial charge in [-0.15, -0.1) is 0 Å². The first-order valence-electron chi connectivity index (χ1n) is 11.0. The first-order valence-corrected chi connectivity index (χ1v) is 11.0. The molecule has 1 aromatic carbocycles. The highest BCUT2D eigenvalue weighted by Crippen LogP contribution is 2.33. The Morgan fingerprint density at radius 3 is 2.41 bits per heavy atom. The van der Waals surface area contributed by atoms with Gasteiger partial charge in [-0.1, -0.05) is 68.7 Å². The van der Waals surface area contributed by atoms with E-state index in [1.807, 2.05) is 6.07 Å². The van der Waals surface area contributed by atoms with Gasteiger partial charge in [-0.3, -0.25) is 9.69 Å². The summed E-state index contributed by atoms with van der Waals surface area (Å²) in [6.45, 7) is 7.03. The summed E-state index contributed by atoms with van der Waals surface area (Å²) in [5, 5.41) is 0. The van der Waals surface area contributed by atoms with Gasteiger partial charge < -0.3 is 4.90 Å². The Labute approximate surface area is 165 Å². The smallest absolute Gasteiger partial charge is 0.225 e. The van der Waals surface area contributed by atoms with E-state index in [2.05, 4.69) is 53.1 Å². The molecule has 0 aromatic heterocycles. The Hall–Kier alpha value is -1.61. The summed E-state index contributed by atoms with van der Waals surface area (Å²) in [7, 11) is 0. The molecule has 0 bridgehead atoms. The molecule has 1 saturated carbocycles. The van der Waals surface area contributed by atoms with Crippen LogP contribution in [-0.2, 0) is 4.79 Å². The summed E-state index contributed by atoms with van der Waals surface area (Å²) in [5.41, 5.74) is 1.25. The lowest BCUT2D eigenvalue weighted by Crippen LogP contribution is -2.50. The van der Waals surface area contributed by atoms with Gasteiger partial charge in [0.2, 0.25) is 5.91 Å². The zero-order valence-electron chi connectivity index (χ0n) is 17.0. The minimum atomic E-state index is 0.299. The van der Waals surface area contributed by atoms with Crippen LogP contribution in [0.4, 0.5) is 0 Å². The highest BCUT2D eigenvalue weighted by atomic mass is 16.2. The van der Waals surface area contributed by atoms with Gasteiger partial charge in [0.25, 0.3) is 0 Å². The molecule has 3 nitrogen and oxygen atoms in total. The summed E-state index contributed by atoms with van der Waals surface area (Å²) < 4.78 is 0. The Morgan fingerprint density at radius 1 is 1.04 bits per heavy atom. The number of amides is 1. The normalized spacial score (nSPS) is 24.4. The van der Waals surface area contributed by atoms with Crippen molar-refractivity contribution >= 4 is 12.0 Å². The van der Waals surface area contributed by atoms with Gasteiger partial charge in [0.05, 0.1) is 0 Å². The van der Waals surface area contributed by atoms with Gasteiger partial charge in [-0.25, -0.2) is 0 Å². The third-order valence-electron chi connectivity index (χ3n) is 6.32. The second kappa shape index (κ2) is 10.7. The van der Waals surface area contributed by atoms with E-state index in [1.54, 1.807) is 0 Å². The predicted octanol–water partition coefficient (Wildman–Crippen LogP) is 4.84. The molecule has 0 radical (unpaired) electrons. The van der Waals surface area contributed by atoms with Crippen molar-refractivity contribution in [3.63, 3.8) is 0 Å². The quantitative estimate of drug-likeness (QED) is 0.687. The van der Waals surface area contributed by atoms with Crippen LogP contribution in [0.2, 0.25) is 0 Å². The minimum Gasteiger partial charge on any atom is -0.340 e. The number of hydrogen-bond donors (Lipinski definition) is 0. The second-order valence-corrected chi connectivity index (χ2v) is 8.30. The zero-order valence-corrected chi connectivity index (χ0v) is 17.0. The minimum absolute atomic E-state index is 0.299. The molecule has 2 fully saturated rings. The monoisotopic (exact) mass is 368 g/mol. The van der Waals surface area contributed by atoms with Gasteiger partial charge in [0.15, 0.2) is 0 Å². The molecule has 1 aliphatic carbocycles. The van der Waals surface area contributed by atoms with Crippen molar-refractivity contribution in [1.29, 1.82) is 0 Å². The van der Waals surface area contributed by atoms with E-state index in [-0.39, 0.29) is 0 Å². The van der Waals surface area contributed by atoms with Crippen molar-refractivity contribution in [2.45, 2.75) is 51.9 Å². The molecule has 0 spiro atoms. The van der Waals surface area contributed by atoms with Gasteiger partial charge >= 0.3 is 0 Å². The SMILES string of the molecule is CCCCC1CCC(C(=O)N2CCN(C/C=C/c3ccccc3)CC2)CC1. The number of unbranched alkanes of at least 4 members (excludes halogenated alkanes) is 1. The van der Waals surface area contributed by atoms with Crippen molar-refractivity contribution in [3.8, 4) is 0 Å². The van der Waals surface area contributed by atoms with E-state index < -0.39 is 0 Å². The van der Waals surface area contributed by atoms with Crippen molar-refractivity contribution in [1.82, 2.24) is 9.80 Å². The lowest BCUT2D eigenvalue weighted by molar-refractivity contribution is -0.138. The van der Waals surface area contributed by atoms with Crippen LogP contribution in [-0.4, -0.2) is 48.4 Å². The molecule has 1 amide bonds. The summed E-state index contributed by atoms with van der Waals surface area (Å²) in [5.74, 6) is 1.61. The molecule has 3 heteroatoms. The van der Waals surface area contributed by atoms with Gasteiger partial charge in [-0.05, 0) is 37.2 Å². The molecular formula is C24H36N2O. The van der Waals surface area contributed by atoms with Crippen LogP contribution in [0.5, 0.6) is 0 Å². The van der Waals surface area contributed by atoms with Crippen LogP contribution in [0.15, 0.2) is 36.4 Å². The molecule has 0 unspecified atom stereocenters. The molecule has 1 aliphatic heterocycles. The van der Waals surface area contributed by atoms with E-state index >= 15 is 0 Å². The molecule has 148 valence electrons. The second-order valence-electron chi connectivity index (χ2n) is 8.30. The fraction of sp³-hybridized carbons (Fsp3) is 0.625. The lowest BCUT2D eigenvalue weighted by atomic mass is 9.79. The highest BCUT2D eigenvalue weighted by Gasteiger charge is 2.30. The van der Waals surface area contributed by atoms with Crippen molar-refractivity contribution in [3.05, 3.63) is 42.0 Å². The number of hydrogen-bond acceptors (Lipinski definition) is 2. The predicted molar refractivity (Wildman–Crippen MR) is 113 cm³/mol. The topological polar surface area (TPSA) is 23.6 Å². The molecule has 1 aromatic rings. The fourth-order valence-corrected chi connectivity index (χ4v) is 4.50. The summed E-state index contributed by atoms with van der Waals surface area (Å²) in [6.07, 6.45) is 13.2. The van der Waals surface area contributed by atoms with Crippen LogP contribution in [0.1, 0.15) is 57.4 Å². The molecule has 27 heavy (non-hydrogen) atoms. The lowest BCUT2D eigenvalue weighted by Gasteiger charge is -2.37. The number of nitrogens with zero attached hydrogens (tertiary/aromatic N) is 2. The molecule has 0 atom stereocenters. The fourth-order valence-electron chi connectivity index (χ4n) is 4.50. The summed E-state index contributed by atoms with van der Waals surface area (Å²) in [4.78, 5) is 17.5. The Bertz CT molecular complexity index is 582. The van der Waals surface area contributed by atoms with E-state index in [4.69, 9.17) is 0 Å². The standard InChI is InChI=1S/C24H36N2O/c1-2-3-8-22-12-14-23(15-13-22)24(27)26-19-17-25(18-20-26)16-7-11-21-9-5-4-6-10-21/h4-7,9-11,22-23H,2-3,8,12-20H2,1H3/b11-7+. The van der Waals surface area contributed by atoms with Gasteiger partial charge in [0, 0.05) is 38.6 Å². The van der Waals surface area contributed by atoms with Crippen molar-refractivity contribution in [2.24, 2.45) is 11.8 Å². The number of rotatable bonds is 7.